The summed E-state index contributed by atoms with van der Waals surface area (Å²) in [5.41, 5.74) is 0.566. The lowest BCUT2D eigenvalue weighted by Gasteiger charge is -2.27. The van der Waals surface area contributed by atoms with E-state index in [-0.39, 0.29) is 6.09 Å². The van der Waals surface area contributed by atoms with Crippen LogP contribution in [0.4, 0.5) is 10.6 Å². The molecule has 2 heterocycles. The van der Waals surface area contributed by atoms with Crippen molar-refractivity contribution >= 4 is 11.9 Å². The van der Waals surface area contributed by atoms with Gasteiger partial charge in [0.25, 0.3) is 0 Å². The van der Waals surface area contributed by atoms with Gasteiger partial charge in [0.05, 0.1) is 6.54 Å². The van der Waals surface area contributed by atoms with Crippen molar-refractivity contribution in [2.45, 2.75) is 52.1 Å². The first kappa shape index (κ1) is 18.4. The maximum atomic E-state index is 11.8. The number of unbranched alkanes of at least 4 members (excludes halogenated alkanes) is 1. The number of hydrogen-bond acceptors (Lipinski definition) is 5. The van der Waals surface area contributed by atoms with Gasteiger partial charge < -0.3 is 19.7 Å². The molecule has 1 aliphatic heterocycles. The Balaban J connectivity index is 1.86. The van der Waals surface area contributed by atoms with Crippen molar-refractivity contribution in [2.24, 2.45) is 0 Å². The molecule has 0 radical (unpaired) electrons. The minimum absolute atomic E-state index is 0.345. The van der Waals surface area contributed by atoms with Crippen LogP contribution >= 0.6 is 0 Å². The molecule has 6 nitrogen and oxygen atoms in total. The zero-order chi connectivity index (χ0) is 17.6. The molecule has 0 fully saturated rings. The van der Waals surface area contributed by atoms with Crippen molar-refractivity contribution in [2.75, 3.05) is 31.6 Å². The van der Waals surface area contributed by atoms with Crippen LogP contribution in [0.15, 0.2) is 12.3 Å². The second kappa shape index (κ2) is 8.22. The second-order valence-corrected chi connectivity index (χ2v) is 6.86. The summed E-state index contributed by atoms with van der Waals surface area (Å²) >= 11 is 0. The molecule has 0 saturated carbocycles. The van der Waals surface area contributed by atoms with Gasteiger partial charge in [0, 0.05) is 19.8 Å². The van der Waals surface area contributed by atoms with Crippen molar-refractivity contribution in [3.05, 3.63) is 17.8 Å². The monoisotopic (exact) mass is 335 g/mol. The summed E-state index contributed by atoms with van der Waals surface area (Å²) in [6.07, 6.45) is 5.05. The van der Waals surface area contributed by atoms with Crippen molar-refractivity contribution in [3.63, 3.8) is 0 Å². The number of nitrogens with one attached hydrogen (secondary N) is 1. The van der Waals surface area contributed by atoms with Crippen molar-refractivity contribution in [1.82, 2.24) is 10.3 Å². The van der Waals surface area contributed by atoms with E-state index in [1.54, 1.807) is 0 Å². The average Bonchev–Trinajstić information content (AvgIpc) is 2.53. The first-order valence-electron chi connectivity index (χ1n) is 8.71. The molecule has 6 heteroatoms. The average molecular weight is 335 g/mol. The zero-order valence-corrected chi connectivity index (χ0v) is 15.2. The largest absolute Gasteiger partial charge is 0.488 e. The quantitative estimate of drug-likeness (QED) is 0.776. The fraction of sp³-hybridized carbons (Fsp3) is 0.667. The van der Waals surface area contributed by atoms with Crippen molar-refractivity contribution in [1.29, 1.82) is 0 Å². The molecular formula is C18H29N3O3. The normalized spacial score (nSPS) is 13.9. The lowest BCUT2D eigenvalue weighted by molar-refractivity contribution is 0.0330. The molecule has 0 aromatic carbocycles. The van der Waals surface area contributed by atoms with Crippen LogP contribution in [0, 0.1) is 0 Å². The number of alkyl carbamates (subject to hydrolysis) is 1. The number of amides is 1. The number of fused-ring (bicyclic) bond motifs is 1. The fourth-order valence-corrected chi connectivity index (χ4v) is 2.56. The number of pyridine rings is 1. The highest BCUT2D eigenvalue weighted by molar-refractivity contribution is 5.67. The number of aromatic nitrogens is 1. The summed E-state index contributed by atoms with van der Waals surface area (Å²) in [6.45, 7) is 8.15. The van der Waals surface area contributed by atoms with Crippen LogP contribution in [0.2, 0.25) is 0 Å². The minimum Gasteiger partial charge on any atom is -0.488 e. The van der Waals surface area contributed by atoms with Gasteiger partial charge in [0.1, 0.15) is 12.2 Å². The Morgan fingerprint density at radius 2 is 2.29 bits per heavy atom. The highest BCUT2D eigenvalue weighted by Gasteiger charge is 2.23. The molecule has 1 N–H and O–H groups in total. The number of anilines is 1. The Labute approximate surface area is 144 Å². The summed E-state index contributed by atoms with van der Waals surface area (Å²) in [7, 11) is 2.02. The van der Waals surface area contributed by atoms with E-state index < -0.39 is 5.60 Å². The topological polar surface area (TPSA) is 63.7 Å². The van der Waals surface area contributed by atoms with Crippen LogP contribution in [-0.4, -0.2) is 43.4 Å². The highest BCUT2D eigenvalue weighted by atomic mass is 16.6. The number of aryl methyl sites for hydroxylation is 1. The summed E-state index contributed by atoms with van der Waals surface area (Å²) in [5.74, 6) is 1.72. The summed E-state index contributed by atoms with van der Waals surface area (Å²) in [5, 5.41) is 2.78. The fourth-order valence-electron chi connectivity index (χ4n) is 2.56. The van der Waals surface area contributed by atoms with Crippen LogP contribution in [0.1, 0.15) is 45.6 Å². The molecule has 0 unspecified atom stereocenters. The number of likely N-dealkylation sites (N-methyl/N-ethyl adjacent to an activating group) is 1. The first-order chi connectivity index (χ1) is 11.4. The molecule has 0 spiro atoms. The molecule has 0 bridgehead atoms. The molecule has 1 amide bonds. The Kier molecular flexibility index (Phi) is 6.29. The predicted molar refractivity (Wildman–Crippen MR) is 94.8 cm³/mol. The van der Waals surface area contributed by atoms with Gasteiger partial charge in [-0.3, -0.25) is 0 Å². The van der Waals surface area contributed by atoms with Gasteiger partial charge in [-0.2, -0.15) is 0 Å². The zero-order valence-electron chi connectivity index (χ0n) is 15.2. The summed E-state index contributed by atoms with van der Waals surface area (Å²) in [4.78, 5) is 18.4. The molecule has 1 aromatic rings. The third kappa shape index (κ3) is 5.28. The van der Waals surface area contributed by atoms with Crippen molar-refractivity contribution in [3.8, 4) is 5.75 Å². The van der Waals surface area contributed by atoms with Gasteiger partial charge in [-0.15, -0.1) is 0 Å². The Hall–Kier alpha value is -1.98. The number of carbonyl (C=O) groups excluding carboxylic acids is 1. The number of ether oxygens (including phenoxy) is 2. The van der Waals surface area contributed by atoms with E-state index in [9.17, 15) is 4.79 Å². The smallest absolute Gasteiger partial charge is 0.407 e. The lowest BCUT2D eigenvalue weighted by atomic mass is 9.99. The summed E-state index contributed by atoms with van der Waals surface area (Å²) in [6, 6.07) is 2.04. The Morgan fingerprint density at radius 1 is 1.50 bits per heavy atom. The standard InChI is InChI=1S/C18H29N3O3/c1-5-6-9-19-17(22)24-18(2,3)8-7-14-12-15-16(20-13-14)21(4)10-11-23-15/h12-13H,5-11H2,1-4H3,(H,19,22). The molecule has 0 aliphatic carbocycles. The van der Waals surface area contributed by atoms with Crippen LogP contribution in [0.5, 0.6) is 5.75 Å². The minimum atomic E-state index is -0.524. The van der Waals surface area contributed by atoms with Crippen molar-refractivity contribution < 1.29 is 14.3 Å². The number of rotatable bonds is 7. The third-order valence-electron chi connectivity index (χ3n) is 4.12. The van der Waals surface area contributed by atoms with Gasteiger partial charge in [0.2, 0.25) is 0 Å². The van der Waals surface area contributed by atoms with Gasteiger partial charge in [-0.25, -0.2) is 9.78 Å². The number of hydrogen-bond donors (Lipinski definition) is 1. The van der Waals surface area contributed by atoms with E-state index in [2.05, 4.69) is 22.1 Å². The maximum Gasteiger partial charge on any atom is 0.407 e. The first-order valence-corrected chi connectivity index (χ1v) is 8.71. The molecular weight excluding hydrogens is 306 g/mol. The van der Waals surface area contributed by atoms with Gasteiger partial charge in [0.15, 0.2) is 11.6 Å². The Bertz CT molecular complexity index is 560. The third-order valence-corrected chi connectivity index (χ3v) is 4.12. The van der Waals surface area contributed by atoms with Crippen LogP contribution < -0.4 is 15.0 Å². The highest BCUT2D eigenvalue weighted by Crippen LogP contribution is 2.29. The maximum absolute atomic E-state index is 11.8. The molecule has 0 atom stereocenters. The van der Waals surface area contributed by atoms with E-state index in [1.807, 2.05) is 33.2 Å². The van der Waals surface area contributed by atoms with Crippen LogP contribution in [0.25, 0.3) is 0 Å². The molecule has 24 heavy (non-hydrogen) atoms. The van der Waals surface area contributed by atoms with E-state index in [0.717, 1.165) is 49.4 Å². The van der Waals surface area contributed by atoms with Gasteiger partial charge >= 0.3 is 6.09 Å². The van der Waals surface area contributed by atoms with E-state index in [0.29, 0.717) is 13.2 Å². The van der Waals surface area contributed by atoms with E-state index in [1.165, 1.54) is 0 Å². The van der Waals surface area contributed by atoms with E-state index >= 15 is 0 Å². The van der Waals surface area contributed by atoms with Crippen LogP contribution in [0.3, 0.4) is 0 Å². The molecule has 1 aromatic heterocycles. The molecule has 0 saturated heterocycles. The molecule has 2 rings (SSSR count). The van der Waals surface area contributed by atoms with Crippen LogP contribution in [-0.2, 0) is 11.2 Å². The summed E-state index contributed by atoms with van der Waals surface area (Å²) < 4.78 is 11.2. The van der Waals surface area contributed by atoms with Gasteiger partial charge in [-0.1, -0.05) is 13.3 Å². The Morgan fingerprint density at radius 3 is 3.04 bits per heavy atom. The van der Waals surface area contributed by atoms with Gasteiger partial charge in [-0.05, 0) is 44.7 Å². The number of nitrogens with zero attached hydrogens (tertiary/aromatic N) is 2. The molecule has 1 aliphatic rings. The SMILES string of the molecule is CCCCNC(=O)OC(C)(C)CCc1cnc2c(c1)OCCN2C. The second-order valence-electron chi connectivity index (χ2n) is 6.86. The molecule has 134 valence electrons. The van der Waals surface area contributed by atoms with E-state index in [4.69, 9.17) is 9.47 Å². The number of carbonyl (C=O) groups is 1. The predicted octanol–water partition coefficient (Wildman–Crippen LogP) is 3.15. The lowest BCUT2D eigenvalue weighted by Crippen LogP contribution is -2.35.